The first-order valence-corrected chi connectivity index (χ1v) is 9.29. The van der Waals surface area contributed by atoms with Crippen molar-refractivity contribution >= 4 is 0 Å². The van der Waals surface area contributed by atoms with Crippen LogP contribution in [0.3, 0.4) is 0 Å². The van der Waals surface area contributed by atoms with Crippen molar-refractivity contribution in [1.29, 1.82) is 0 Å². The van der Waals surface area contributed by atoms with Crippen LogP contribution in [0, 0.1) is 12.7 Å². The molecule has 0 saturated carbocycles. The van der Waals surface area contributed by atoms with Crippen LogP contribution in [0.2, 0.25) is 0 Å². The molecule has 3 aromatic rings. The summed E-state index contributed by atoms with van der Waals surface area (Å²) in [6, 6.07) is 11.8. The average molecular weight is 400 g/mol. The number of halogens is 1. The summed E-state index contributed by atoms with van der Waals surface area (Å²) in [5.74, 6) is 0.284. The number of aliphatic hydroxyl groups is 3. The van der Waals surface area contributed by atoms with E-state index in [1.165, 1.54) is 6.07 Å². The molecule has 1 aliphatic heterocycles. The molecule has 4 unspecified atom stereocenters. The highest BCUT2D eigenvalue weighted by Crippen LogP contribution is 2.36. The highest BCUT2D eigenvalue weighted by atomic mass is 19.1. The largest absolute Gasteiger partial charge is 0.421 e. The van der Waals surface area contributed by atoms with Crippen molar-refractivity contribution in [3.8, 4) is 22.6 Å². The minimum absolute atomic E-state index is 0.0894. The van der Waals surface area contributed by atoms with Crippen LogP contribution in [-0.2, 0) is 4.74 Å². The van der Waals surface area contributed by atoms with Gasteiger partial charge in [-0.05, 0) is 17.7 Å². The molecule has 152 valence electrons. The van der Waals surface area contributed by atoms with E-state index in [1.807, 2.05) is 0 Å². The van der Waals surface area contributed by atoms with Crippen molar-refractivity contribution in [3.05, 3.63) is 59.7 Å². The SMILES string of the molecule is Cc1nnc(-c2ccc(-c3cccc(C4OC(CO)CC(O)C4O)c3F)cc2)o1. The fourth-order valence-corrected chi connectivity index (χ4v) is 3.53. The van der Waals surface area contributed by atoms with Gasteiger partial charge in [-0.25, -0.2) is 4.39 Å². The zero-order chi connectivity index (χ0) is 20.5. The predicted octanol–water partition coefficient (Wildman–Crippen LogP) is 2.40. The van der Waals surface area contributed by atoms with Gasteiger partial charge in [-0.15, -0.1) is 10.2 Å². The number of nitrogens with zero attached hydrogens (tertiary/aromatic N) is 2. The van der Waals surface area contributed by atoms with Crippen LogP contribution < -0.4 is 0 Å². The molecule has 0 spiro atoms. The van der Waals surface area contributed by atoms with Gasteiger partial charge in [-0.3, -0.25) is 0 Å². The third kappa shape index (κ3) is 3.79. The summed E-state index contributed by atoms with van der Waals surface area (Å²) in [7, 11) is 0. The van der Waals surface area contributed by atoms with Gasteiger partial charge in [0.2, 0.25) is 11.8 Å². The molecule has 4 rings (SSSR count). The summed E-state index contributed by atoms with van der Waals surface area (Å²) in [5.41, 5.74) is 1.79. The Labute approximate surface area is 166 Å². The lowest BCUT2D eigenvalue weighted by Gasteiger charge is -2.37. The third-order valence-electron chi connectivity index (χ3n) is 5.06. The van der Waals surface area contributed by atoms with Crippen LogP contribution in [0.5, 0.6) is 0 Å². The maximum atomic E-state index is 15.3. The smallest absolute Gasteiger partial charge is 0.247 e. The normalized spacial score (nSPS) is 24.6. The summed E-state index contributed by atoms with van der Waals surface area (Å²) in [4.78, 5) is 0. The van der Waals surface area contributed by atoms with E-state index >= 15 is 4.39 Å². The van der Waals surface area contributed by atoms with Gasteiger partial charge in [0.25, 0.3) is 0 Å². The maximum absolute atomic E-state index is 15.3. The lowest BCUT2D eigenvalue weighted by atomic mass is 9.91. The van der Waals surface area contributed by atoms with Crippen molar-refractivity contribution in [2.45, 2.75) is 37.8 Å². The Morgan fingerprint density at radius 1 is 1.07 bits per heavy atom. The van der Waals surface area contributed by atoms with E-state index in [9.17, 15) is 15.3 Å². The minimum atomic E-state index is -1.29. The molecule has 2 aromatic carbocycles. The van der Waals surface area contributed by atoms with Gasteiger partial charge in [0, 0.05) is 30.0 Å². The first kappa shape index (κ1) is 19.7. The molecule has 0 amide bonds. The highest BCUT2D eigenvalue weighted by molar-refractivity contribution is 5.68. The Morgan fingerprint density at radius 3 is 2.45 bits per heavy atom. The van der Waals surface area contributed by atoms with Crippen molar-refractivity contribution < 1.29 is 28.9 Å². The van der Waals surface area contributed by atoms with Crippen LogP contribution in [0.15, 0.2) is 46.9 Å². The van der Waals surface area contributed by atoms with Gasteiger partial charge in [-0.1, -0.05) is 30.3 Å². The molecule has 2 heterocycles. The van der Waals surface area contributed by atoms with E-state index < -0.39 is 30.2 Å². The third-order valence-corrected chi connectivity index (χ3v) is 5.06. The van der Waals surface area contributed by atoms with Crippen molar-refractivity contribution in [2.24, 2.45) is 0 Å². The van der Waals surface area contributed by atoms with Crippen LogP contribution >= 0.6 is 0 Å². The van der Waals surface area contributed by atoms with E-state index in [2.05, 4.69) is 10.2 Å². The van der Waals surface area contributed by atoms with Crippen molar-refractivity contribution in [1.82, 2.24) is 10.2 Å². The number of hydrogen-bond acceptors (Lipinski definition) is 7. The van der Waals surface area contributed by atoms with Gasteiger partial charge in [-0.2, -0.15) is 0 Å². The molecule has 29 heavy (non-hydrogen) atoms. The van der Waals surface area contributed by atoms with E-state index in [0.29, 0.717) is 28.5 Å². The first-order valence-electron chi connectivity index (χ1n) is 9.29. The number of aryl methyl sites for hydroxylation is 1. The molecule has 4 atom stereocenters. The Hall–Kier alpha value is -2.65. The number of benzene rings is 2. The van der Waals surface area contributed by atoms with Gasteiger partial charge < -0.3 is 24.5 Å². The van der Waals surface area contributed by atoms with Gasteiger partial charge >= 0.3 is 0 Å². The molecule has 1 saturated heterocycles. The fourth-order valence-electron chi connectivity index (χ4n) is 3.53. The molecular formula is C21H21FN2O5. The number of rotatable bonds is 4. The number of ether oxygens (including phenoxy) is 1. The van der Waals surface area contributed by atoms with Crippen LogP contribution in [-0.4, -0.2) is 50.4 Å². The van der Waals surface area contributed by atoms with E-state index in [0.717, 1.165) is 0 Å². The monoisotopic (exact) mass is 400 g/mol. The summed E-state index contributed by atoms with van der Waals surface area (Å²) >= 11 is 0. The fraction of sp³-hybridized carbons (Fsp3) is 0.333. The molecule has 7 nitrogen and oxygen atoms in total. The topological polar surface area (TPSA) is 109 Å². The zero-order valence-corrected chi connectivity index (χ0v) is 15.7. The van der Waals surface area contributed by atoms with Crippen molar-refractivity contribution in [3.63, 3.8) is 0 Å². The summed E-state index contributed by atoms with van der Waals surface area (Å²) in [6.45, 7) is 1.38. The Bertz CT molecular complexity index is 991. The Kier molecular flexibility index (Phi) is 5.42. The molecule has 3 N–H and O–H groups in total. The molecule has 8 heteroatoms. The van der Waals surface area contributed by atoms with Crippen molar-refractivity contribution in [2.75, 3.05) is 6.61 Å². The number of aliphatic hydroxyl groups excluding tert-OH is 3. The van der Waals surface area contributed by atoms with Crippen LogP contribution in [0.25, 0.3) is 22.6 Å². The summed E-state index contributed by atoms with van der Waals surface area (Å²) < 4.78 is 26.3. The maximum Gasteiger partial charge on any atom is 0.247 e. The predicted molar refractivity (Wildman–Crippen MR) is 101 cm³/mol. The second-order valence-corrected chi connectivity index (χ2v) is 7.07. The minimum Gasteiger partial charge on any atom is -0.421 e. The van der Waals surface area contributed by atoms with E-state index in [-0.39, 0.29) is 18.6 Å². The summed E-state index contributed by atoms with van der Waals surface area (Å²) in [6.07, 6.45) is -4.04. The number of aromatic nitrogens is 2. The zero-order valence-electron chi connectivity index (χ0n) is 15.7. The molecule has 0 radical (unpaired) electrons. The van der Waals surface area contributed by atoms with Gasteiger partial charge in [0.1, 0.15) is 18.0 Å². The van der Waals surface area contributed by atoms with E-state index in [1.54, 1.807) is 43.3 Å². The van der Waals surface area contributed by atoms with Gasteiger partial charge in [0.05, 0.1) is 18.8 Å². The molecule has 0 aliphatic carbocycles. The average Bonchev–Trinajstić information content (AvgIpc) is 3.17. The van der Waals surface area contributed by atoms with E-state index in [4.69, 9.17) is 9.15 Å². The number of hydrogen-bond donors (Lipinski definition) is 3. The second kappa shape index (κ2) is 8.00. The molecule has 1 fully saturated rings. The Balaban J connectivity index is 1.66. The molecular weight excluding hydrogens is 379 g/mol. The van der Waals surface area contributed by atoms with Crippen LogP contribution in [0.1, 0.15) is 24.0 Å². The second-order valence-electron chi connectivity index (χ2n) is 7.07. The van der Waals surface area contributed by atoms with Gasteiger partial charge in [0.15, 0.2) is 0 Å². The standard InChI is InChI=1S/C21H21FN2O5/c1-11-23-24-21(28-11)13-7-5-12(6-8-13)15-3-2-4-16(18(15)22)20-19(27)17(26)9-14(10-25)29-20/h2-8,14,17,19-20,25-27H,9-10H2,1H3. The lowest BCUT2D eigenvalue weighted by Crippen LogP contribution is -2.44. The van der Waals surface area contributed by atoms with Crippen LogP contribution in [0.4, 0.5) is 4.39 Å². The molecule has 0 bridgehead atoms. The highest BCUT2D eigenvalue weighted by Gasteiger charge is 2.38. The quantitative estimate of drug-likeness (QED) is 0.617. The Morgan fingerprint density at radius 2 is 1.79 bits per heavy atom. The molecule has 1 aromatic heterocycles. The summed E-state index contributed by atoms with van der Waals surface area (Å²) in [5, 5.41) is 37.5. The lowest BCUT2D eigenvalue weighted by molar-refractivity contribution is -0.180. The first-order chi connectivity index (χ1) is 14.0. The molecule has 1 aliphatic rings.